The first-order chi connectivity index (χ1) is 10.1. The molecule has 1 unspecified atom stereocenters. The zero-order chi connectivity index (χ0) is 15.4. The van der Waals surface area contributed by atoms with Gasteiger partial charge in [-0.1, -0.05) is 0 Å². The number of methoxy groups -OCH3 is 3. The number of hydrogen-bond donors (Lipinski definition) is 1. The van der Waals surface area contributed by atoms with E-state index in [1.165, 1.54) is 0 Å². The number of ether oxygens (including phenoxy) is 3. The predicted octanol–water partition coefficient (Wildman–Crippen LogP) is 1.15. The van der Waals surface area contributed by atoms with Crippen LogP contribution in [0.5, 0.6) is 17.2 Å². The summed E-state index contributed by atoms with van der Waals surface area (Å²) >= 11 is 0. The van der Waals surface area contributed by atoms with Crippen LogP contribution in [0.15, 0.2) is 12.1 Å². The van der Waals surface area contributed by atoms with E-state index >= 15 is 0 Å². The topological polar surface area (TPSA) is 60.0 Å². The van der Waals surface area contributed by atoms with Crippen LogP contribution < -0.4 is 19.5 Å². The minimum atomic E-state index is -0.0504. The Morgan fingerprint density at radius 1 is 1.14 bits per heavy atom. The standard InChI is InChI=1S/C15H22N2O4/c1-16-10-5-6-17(9-10)15(18)11-7-13(20-3)14(21-4)8-12(11)19-2/h7-8,10,16H,5-6,9H2,1-4H3. The third-order valence-electron chi connectivity index (χ3n) is 3.82. The molecule has 1 amide bonds. The van der Waals surface area contributed by atoms with Gasteiger partial charge in [0.25, 0.3) is 5.91 Å². The van der Waals surface area contributed by atoms with Crippen molar-refractivity contribution in [3.8, 4) is 17.2 Å². The van der Waals surface area contributed by atoms with E-state index in [1.54, 1.807) is 33.5 Å². The SMILES string of the molecule is CNC1CCN(C(=O)c2cc(OC)c(OC)cc2OC)C1. The Kier molecular flexibility index (Phi) is 4.90. The Bertz CT molecular complexity index is 519. The second-order valence-corrected chi connectivity index (χ2v) is 4.93. The van der Waals surface area contributed by atoms with Gasteiger partial charge >= 0.3 is 0 Å². The van der Waals surface area contributed by atoms with Gasteiger partial charge < -0.3 is 24.4 Å². The summed E-state index contributed by atoms with van der Waals surface area (Å²) in [5.74, 6) is 1.50. The van der Waals surface area contributed by atoms with E-state index in [9.17, 15) is 4.79 Å². The molecule has 0 aliphatic carbocycles. The fraction of sp³-hybridized carbons (Fsp3) is 0.533. The first-order valence-electron chi connectivity index (χ1n) is 6.91. The van der Waals surface area contributed by atoms with Crippen LogP contribution in [0, 0.1) is 0 Å². The molecule has 0 bridgehead atoms. The van der Waals surface area contributed by atoms with Crippen molar-refractivity contribution in [3.05, 3.63) is 17.7 Å². The van der Waals surface area contributed by atoms with Crippen LogP contribution in [0.25, 0.3) is 0 Å². The van der Waals surface area contributed by atoms with Gasteiger partial charge in [-0.05, 0) is 13.5 Å². The molecule has 1 saturated heterocycles. The van der Waals surface area contributed by atoms with Gasteiger partial charge in [-0.3, -0.25) is 4.79 Å². The van der Waals surface area contributed by atoms with Gasteiger partial charge in [0, 0.05) is 31.3 Å². The van der Waals surface area contributed by atoms with Gasteiger partial charge in [0.1, 0.15) is 5.75 Å². The quantitative estimate of drug-likeness (QED) is 0.882. The molecule has 6 nitrogen and oxygen atoms in total. The third kappa shape index (κ3) is 3.05. The lowest BCUT2D eigenvalue weighted by molar-refractivity contribution is 0.0786. The number of amides is 1. The van der Waals surface area contributed by atoms with E-state index in [2.05, 4.69) is 5.32 Å². The molecular weight excluding hydrogens is 272 g/mol. The van der Waals surface area contributed by atoms with Crippen molar-refractivity contribution in [2.45, 2.75) is 12.5 Å². The first-order valence-corrected chi connectivity index (χ1v) is 6.91. The normalized spacial score (nSPS) is 17.7. The van der Waals surface area contributed by atoms with Gasteiger partial charge in [-0.2, -0.15) is 0 Å². The van der Waals surface area contributed by atoms with Crippen molar-refractivity contribution in [2.75, 3.05) is 41.5 Å². The van der Waals surface area contributed by atoms with Gasteiger partial charge in [0.2, 0.25) is 0 Å². The molecule has 21 heavy (non-hydrogen) atoms. The van der Waals surface area contributed by atoms with Crippen LogP contribution in [0.2, 0.25) is 0 Å². The van der Waals surface area contributed by atoms with Gasteiger partial charge in [-0.25, -0.2) is 0 Å². The lowest BCUT2D eigenvalue weighted by Gasteiger charge is -2.19. The van der Waals surface area contributed by atoms with Crippen molar-refractivity contribution >= 4 is 5.91 Å². The molecule has 1 N–H and O–H groups in total. The highest BCUT2D eigenvalue weighted by molar-refractivity contribution is 5.98. The average Bonchev–Trinajstić information content (AvgIpc) is 3.01. The highest BCUT2D eigenvalue weighted by atomic mass is 16.5. The van der Waals surface area contributed by atoms with Crippen LogP contribution >= 0.6 is 0 Å². The summed E-state index contributed by atoms with van der Waals surface area (Å²) in [4.78, 5) is 14.5. The molecule has 0 radical (unpaired) electrons. The van der Waals surface area contributed by atoms with E-state index < -0.39 is 0 Å². The summed E-state index contributed by atoms with van der Waals surface area (Å²) in [5, 5.41) is 3.20. The van der Waals surface area contributed by atoms with E-state index in [1.807, 2.05) is 11.9 Å². The van der Waals surface area contributed by atoms with Crippen LogP contribution in [-0.4, -0.2) is 58.3 Å². The molecule has 6 heteroatoms. The second-order valence-electron chi connectivity index (χ2n) is 4.93. The van der Waals surface area contributed by atoms with Crippen molar-refractivity contribution in [1.29, 1.82) is 0 Å². The second kappa shape index (κ2) is 6.67. The van der Waals surface area contributed by atoms with Crippen molar-refractivity contribution in [1.82, 2.24) is 10.2 Å². The lowest BCUT2D eigenvalue weighted by atomic mass is 10.1. The van der Waals surface area contributed by atoms with Crippen molar-refractivity contribution in [3.63, 3.8) is 0 Å². The lowest BCUT2D eigenvalue weighted by Crippen LogP contribution is -2.33. The van der Waals surface area contributed by atoms with E-state index in [0.717, 1.165) is 13.0 Å². The molecular formula is C15H22N2O4. The molecule has 1 aromatic rings. The van der Waals surface area contributed by atoms with Crippen LogP contribution in [0.3, 0.4) is 0 Å². The van der Waals surface area contributed by atoms with Gasteiger partial charge in [0.15, 0.2) is 11.5 Å². The number of hydrogen-bond acceptors (Lipinski definition) is 5. The molecule has 0 saturated carbocycles. The Balaban J connectivity index is 2.31. The molecule has 1 heterocycles. The van der Waals surface area contributed by atoms with Crippen LogP contribution in [0.1, 0.15) is 16.8 Å². The number of nitrogens with zero attached hydrogens (tertiary/aromatic N) is 1. The molecule has 1 fully saturated rings. The summed E-state index contributed by atoms with van der Waals surface area (Å²) < 4.78 is 15.8. The Hall–Kier alpha value is -1.95. The van der Waals surface area contributed by atoms with E-state index in [-0.39, 0.29) is 5.91 Å². The zero-order valence-corrected chi connectivity index (χ0v) is 12.9. The number of likely N-dealkylation sites (N-methyl/N-ethyl adjacent to an activating group) is 1. The number of carbonyl (C=O) groups is 1. The number of likely N-dealkylation sites (tertiary alicyclic amines) is 1. The Morgan fingerprint density at radius 2 is 1.76 bits per heavy atom. The average molecular weight is 294 g/mol. The predicted molar refractivity (Wildman–Crippen MR) is 79.5 cm³/mol. The highest BCUT2D eigenvalue weighted by Crippen LogP contribution is 2.35. The monoisotopic (exact) mass is 294 g/mol. The van der Waals surface area contributed by atoms with Gasteiger partial charge in [-0.15, -0.1) is 0 Å². The van der Waals surface area contributed by atoms with Crippen LogP contribution in [-0.2, 0) is 0 Å². The molecule has 1 aliphatic heterocycles. The highest BCUT2D eigenvalue weighted by Gasteiger charge is 2.28. The molecule has 0 aromatic heterocycles. The minimum Gasteiger partial charge on any atom is -0.496 e. The molecule has 2 rings (SSSR count). The van der Waals surface area contributed by atoms with Crippen molar-refractivity contribution in [2.24, 2.45) is 0 Å². The summed E-state index contributed by atoms with van der Waals surface area (Å²) in [7, 11) is 6.55. The number of nitrogens with one attached hydrogen (secondary N) is 1. The summed E-state index contributed by atoms with van der Waals surface area (Å²) in [6.45, 7) is 1.44. The third-order valence-corrected chi connectivity index (χ3v) is 3.82. The number of carbonyl (C=O) groups excluding carboxylic acids is 1. The molecule has 0 spiro atoms. The van der Waals surface area contributed by atoms with Crippen LogP contribution in [0.4, 0.5) is 0 Å². The fourth-order valence-corrected chi connectivity index (χ4v) is 2.55. The maximum absolute atomic E-state index is 12.7. The smallest absolute Gasteiger partial charge is 0.257 e. The maximum Gasteiger partial charge on any atom is 0.257 e. The molecule has 116 valence electrons. The minimum absolute atomic E-state index is 0.0504. The van der Waals surface area contributed by atoms with E-state index in [4.69, 9.17) is 14.2 Å². The Labute approximate surface area is 125 Å². The maximum atomic E-state index is 12.7. The first kappa shape index (κ1) is 15.4. The fourth-order valence-electron chi connectivity index (χ4n) is 2.55. The largest absolute Gasteiger partial charge is 0.496 e. The zero-order valence-electron chi connectivity index (χ0n) is 12.9. The Morgan fingerprint density at radius 3 is 2.29 bits per heavy atom. The summed E-state index contributed by atoms with van der Waals surface area (Å²) in [6.07, 6.45) is 0.956. The summed E-state index contributed by atoms with van der Waals surface area (Å²) in [6, 6.07) is 3.70. The number of rotatable bonds is 5. The molecule has 1 atom stereocenters. The van der Waals surface area contributed by atoms with Crippen molar-refractivity contribution < 1.29 is 19.0 Å². The van der Waals surface area contributed by atoms with Gasteiger partial charge in [0.05, 0.1) is 26.9 Å². The number of benzene rings is 1. The molecule has 1 aromatic carbocycles. The van der Waals surface area contributed by atoms with E-state index in [0.29, 0.717) is 35.4 Å². The summed E-state index contributed by atoms with van der Waals surface area (Å²) in [5.41, 5.74) is 0.493. The molecule has 1 aliphatic rings.